The molecule has 2 heterocycles. The number of methoxy groups -OCH3 is 1. The molecule has 1 unspecified atom stereocenters. The first-order valence-corrected chi connectivity index (χ1v) is 12.6. The predicted molar refractivity (Wildman–Crippen MR) is 141 cm³/mol. The lowest BCUT2D eigenvalue weighted by atomic mass is 9.69. The molecule has 8 heteroatoms. The maximum atomic E-state index is 13.7. The Balaban J connectivity index is 1.67. The van der Waals surface area contributed by atoms with Gasteiger partial charge in [0.2, 0.25) is 5.91 Å². The van der Waals surface area contributed by atoms with Gasteiger partial charge in [0.15, 0.2) is 5.78 Å². The third-order valence-electron chi connectivity index (χ3n) is 6.92. The van der Waals surface area contributed by atoms with Crippen LogP contribution in [0.15, 0.2) is 59.8 Å². The van der Waals surface area contributed by atoms with E-state index in [2.05, 4.69) is 18.9 Å². The fourth-order valence-corrected chi connectivity index (χ4v) is 5.97. The van der Waals surface area contributed by atoms with Crippen molar-refractivity contribution in [2.24, 2.45) is 5.41 Å². The number of halogens is 2. The lowest BCUT2D eigenvalue weighted by molar-refractivity contribution is -0.121. The number of anilines is 1. The molecule has 36 heavy (non-hydrogen) atoms. The molecule has 1 amide bonds. The summed E-state index contributed by atoms with van der Waals surface area (Å²) < 4.78 is 6.91. The molecule has 6 nitrogen and oxygen atoms in total. The lowest BCUT2D eigenvalue weighted by Gasteiger charge is -2.42. The summed E-state index contributed by atoms with van der Waals surface area (Å²) in [4.78, 5) is 29.1. The molecular weight excluding hydrogens is 497 g/mol. The van der Waals surface area contributed by atoms with Crippen LogP contribution in [0.5, 0.6) is 5.75 Å². The quantitative estimate of drug-likeness (QED) is 0.383. The highest BCUT2D eigenvalue weighted by molar-refractivity contribution is 6.31. The zero-order chi connectivity index (χ0) is 25.8. The van der Waals surface area contributed by atoms with E-state index >= 15 is 0 Å². The third kappa shape index (κ3) is 4.22. The maximum Gasteiger partial charge on any atom is 0.232 e. The number of carbonyl (C=O) groups is 2. The van der Waals surface area contributed by atoms with Crippen molar-refractivity contribution in [2.45, 2.75) is 46.0 Å². The number of aryl methyl sites for hydroxylation is 1. The highest BCUT2D eigenvalue weighted by Crippen LogP contribution is 2.50. The number of allylic oxidation sites excluding steroid dienone is 2. The Morgan fingerprint density at radius 1 is 1.03 bits per heavy atom. The van der Waals surface area contributed by atoms with Crippen LogP contribution in [-0.4, -0.2) is 28.6 Å². The van der Waals surface area contributed by atoms with Crippen molar-refractivity contribution in [1.29, 1.82) is 0 Å². The van der Waals surface area contributed by atoms with Crippen LogP contribution in [0.1, 0.15) is 50.3 Å². The zero-order valence-electron chi connectivity index (χ0n) is 20.6. The predicted octanol–water partition coefficient (Wildman–Crippen LogP) is 6.66. The molecule has 0 saturated heterocycles. The van der Waals surface area contributed by atoms with Gasteiger partial charge in [0, 0.05) is 46.3 Å². The molecule has 5 rings (SSSR count). The van der Waals surface area contributed by atoms with Crippen molar-refractivity contribution in [2.75, 3.05) is 12.0 Å². The summed E-state index contributed by atoms with van der Waals surface area (Å²) in [5, 5.41) is 5.61. The lowest BCUT2D eigenvalue weighted by Crippen LogP contribution is -2.43. The third-order valence-corrected chi connectivity index (χ3v) is 7.52. The number of Topliss-reactive ketones (excluding diaryl/α,β-unsaturated/α-hetero) is 1. The van der Waals surface area contributed by atoms with Crippen LogP contribution in [0.4, 0.5) is 5.69 Å². The van der Waals surface area contributed by atoms with Gasteiger partial charge in [-0.2, -0.15) is 5.10 Å². The van der Waals surface area contributed by atoms with E-state index in [1.807, 2.05) is 43.3 Å². The molecule has 0 spiro atoms. The molecule has 0 fully saturated rings. The van der Waals surface area contributed by atoms with Crippen LogP contribution >= 0.6 is 23.2 Å². The van der Waals surface area contributed by atoms with Crippen LogP contribution in [0.2, 0.25) is 10.2 Å². The molecule has 1 aliphatic carbocycles. The molecule has 0 N–H and O–H groups in total. The van der Waals surface area contributed by atoms with Gasteiger partial charge in [0.05, 0.1) is 18.5 Å². The molecule has 1 atom stereocenters. The summed E-state index contributed by atoms with van der Waals surface area (Å²) in [5.74, 6) is 0.195. The first kappa shape index (κ1) is 24.6. The number of amides is 1. The Kier molecular flexibility index (Phi) is 6.21. The van der Waals surface area contributed by atoms with Crippen molar-refractivity contribution in [3.8, 4) is 11.4 Å². The summed E-state index contributed by atoms with van der Waals surface area (Å²) in [6.45, 7) is 5.98. The minimum atomic E-state index is -0.467. The number of hydrogen-bond acceptors (Lipinski definition) is 4. The van der Waals surface area contributed by atoms with Gasteiger partial charge in [0.25, 0.3) is 0 Å². The zero-order valence-corrected chi connectivity index (χ0v) is 22.2. The van der Waals surface area contributed by atoms with Crippen LogP contribution < -0.4 is 9.64 Å². The van der Waals surface area contributed by atoms with Crippen molar-refractivity contribution in [3.05, 3.63) is 81.2 Å². The molecule has 0 bridgehead atoms. The Morgan fingerprint density at radius 2 is 1.75 bits per heavy atom. The number of aromatic nitrogens is 2. The topological polar surface area (TPSA) is 64.4 Å². The average Bonchev–Trinajstić information content (AvgIpc) is 3.11. The van der Waals surface area contributed by atoms with Crippen molar-refractivity contribution < 1.29 is 14.3 Å². The van der Waals surface area contributed by atoms with Gasteiger partial charge in [-0.15, -0.1) is 0 Å². The minimum absolute atomic E-state index is 0.0447. The largest absolute Gasteiger partial charge is 0.497 e. The number of hydrogen-bond donors (Lipinski definition) is 0. The molecule has 1 aromatic heterocycles. The first-order valence-electron chi connectivity index (χ1n) is 11.8. The molecule has 1 aliphatic heterocycles. The summed E-state index contributed by atoms with van der Waals surface area (Å²) in [6, 6.07) is 14.6. The van der Waals surface area contributed by atoms with Gasteiger partial charge in [-0.3, -0.25) is 14.5 Å². The van der Waals surface area contributed by atoms with E-state index < -0.39 is 5.92 Å². The number of ether oxygens (including phenoxy) is 1. The Morgan fingerprint density at radius 3 is 2.42 bits per heavy atom. The number of ketones is 1. The fourth-order valence-electron chi connectivity index (χ4n) is 5.38. The molecule has 186 valence electrons. The number of carbonyl (C=O) groups excluding carboxylic acids is 2. The highest BCUT2D eigenvalue weighted by Gasteiger charge is 2.45. The number of nitrogens with zero attached hydrogens (tertiary/aromatic N) is 3. The van der Waals surface area contributed by atoms with E-state index in [4.69, 9.17) is 27.9 Å². The molecular formula is C28H27Cl2N3O3. The van der Waals surface area contributed by atoms with Gasteiger partial charge in [-0.05, 0) is 61.2 Å². The minimum Gasteiger partial charge on any atom is -0.497 e. The van der Waals surface area contributed by atoms with Crippen molar-refractivity contribution in [3.63, 3.8) is 0 Å². The Bertz CT molecular complexity index is 1410. The van der Waals surface area contributed by atoms with Gasteiger partial charge in [-0.1, -0.05) is 43.1 Å². The molecule has 0 saturated carbocycles. The van der Waals surface area contributed by atoms with Crippen LogP contribution in [0.3, 0.4) is 0 Å². The van der Waals surface area contributed by atoms with Crippen LogP contribution in [-0.2, 0) is 9.59 Å². The second-order valence-electron chi connectivity index (χ2n) is 10.2. The van der Waals surface area contributed by atoms with Gasteiger partial charge < -0.3 is 4.74 Å². The van der Waals surface area contributed by atoms with Crippen molar-refractivity contribution in [1.82, 2.24) is 9.78 Å². The molecule has 2 aromatic carbocycles. The van der Waals surface area contributed by atoms with Gasteiger partial charge in [0.1, 0.15) is 10.9 Å². The normalized spacial score (nSPS) is 19.5. The second-order valence-corrected chi connectivity index (χ2v) is 11.0. The number of rotatable bonds is 4. The molecule has 2 aliphatic rings. The summed E-state index contributed by atoms with van der Waals surface area (Å²) in [7, 11) is 1.60. The van der Waals surface area contributed by atoms with E-state index in [1.54, 1.807) is 28.8 Å². The van der Waals surface area contributed by atoms with Gasteiger partial charge in [-0.25, -0.2) is 4.68 Å². The highest BCUT2D eigenvalue weighted by atomic mass is 35.5. The maximum absolute atomic E-state index is 13.7. The van der Waals surface area contributed by atoms with Crippen LogP contribution in [0.25, 0.3) is 5.69 Å². The summed E-state index contributed by atoms with van der Waals surface area (Å²) in [5.41, 5.74) is 3.95. The summed E-state index contributed by atoms with van der Waals surface area (Å²) >= 11 is 13.1. The van der Waals surface area contributed by atoms with Crippen molar-refractivity contribution >= 4 is 40.6 Å². The monoisotopic (exact) mass is 523 g/mol. The first-order chi connectivity index (χ1) is 17.1. The number of benzene rings is 2. The molecule has 0 radical (unpaired) electrons. The summed E-state index contributed by atoms with van der Waals surface area (Å²) in [6.07, 6.45) is 1.13. The Labute approximate surface area is 220 Å². The van der Waals surface area contributed by atoms with E-state index in [1.165, 1.54) is 0 Å². The standard InChI is InChI=1S/C28H27Cl2N3O3/c1-16-25(27(30)33(31-16)19-7-5-6-17(29)12-19)21-13-24(35)32(18-8-10-20(36-4)11-9-18)22-14-28(2,3)15-23(34)26(21)22/h5-12,21H,13-15H2,1-4H3. The van der Waals surface area contributed by atoms with E-state index in [0.717, 1.165) is 11.4 Å². The Hall–Kier alpha value is -3.09. The smallest absolute Gasteiger partial charge is 0.232 e. The van der Waals surface area contributed by atoms with E-state index in [0.29, 0.717) is 51.3 Å². The van der Waals surface area contributed by atoms with Gasteiger partial charge >= 0.3 is 0 Å². The van der Waals surface area contributed by atoms with E-state index in [-0.39, 0.29) is 23.5 Å². The van der Waals surface area contributed by atoms with Crippen LogP contribution in [0, 0.1) is 12.3 Å². The van der Waals surface area contributed by atoms with E-state index in [9.17, 15) is 9.59 Å². The average molecular weight is 524 g/mol. The molecule has 3 aromatic rings. The SMILES string of the molecule is COc1ccc(N2C(=O)CC(c3c(C)nn(-c4cccc(Cl)c4)c3Cl)C3=C2CC(C)(C)CC3=O)cc1. The fraction of sp³-hybridized carbons (Fsp3) is 0.321. The second kappa shape index (κ2) is 9.09.